The van der Waals surface area contributed by atoms with Crippen LogP contribution in [0.4, 0.5) is 5.82 Å². The van der Waals surface area contributed by atoms with Crippen LogP contribution in [-0.2, 0) is 0 Å². The molecule has 3 rings (SSSR count). The number of hydrogen-bond donors (Lipinski definition) is 1. The van der Waals surface area contributed by atoms with Gasteiger partial charge in [0.1, 0.15) is 0 Å². The highest BCUT2D eigenvalue weighted by Crippen LogP contribution is 2.25. The molecule has 3 aromatic rings. The summed E-state index contributed by atoms with van der Waals surface area (Å²) in [4.78, 5) is 13.7. The van der Waals surface area contributed by atoms with Gasteiger partial charge in [-0.05, 0) is 25.5 Å². The maximum Gasteiger partial charge on any atom is 0.252 e. The van der Waals surface area contributed by atoms with E-state index in [-0.39, 0.29) is 6.04 Å². The quantitative estimate of drug-likeness (QED) is 0.792. The Kier molecular flexibility index (Phi) is 3.69. The summed E-state index contributed by atoms with van der Waals surface area (Å²) >= 11 is 0. The maximum atomic E-state index is 11.7. The zero-order chi connectivity index (χ0) is 16.6. The fraction of sp³-hybridized carbons (Fsp3) is 0.250. The largest absolute Gasteiger partial charge is 0.365 e. The summed E-state index contributed by atoms with van der Waals surface area (Å²) in [5.41, 5.74) is 7.31. The number of nitrogens with zero attached hydrogens (tertiary/aromatic N) is 5. The van der Waals surface area contributed by atoms with E-state index in [2.05, 4.69) is 34.4 Å². The van der Waals surface area contributed by atoms with Crippen molar-refractivity contribution in [2.45, 2.75) is 19.9 Å². The van der Waals surface area contributed by atoms with Gasteiger partial charge in [0.2, 0.25) is 0 Å². The fourth-order valence-electron chi connectivity index (χ4n) is 2.48. The molecule has 1 atom stereocenters. The highest BCUT2D eigenvalue weighted by molar-refractivity contribution is 5.99. The summed E-state index contributed by atoms with van der Waals surface area (Å²) in [6.07, 6.45) is 0. The molecular formula is C16H18N6O. The number of fused-ring (bicyclic) bond motifs is 1. The number of carbonyl (C=O) groups is 1. The predicted molar refractivity (Wildman–Crippen MR) is 87.3 cm³/mol. The summed E-state index contributed by atoms with van der Waals surface area (Å²) in [6.45, 7) is 3.85. The van der Waals surface area contributed by atoms with Gasteiger partial charge in [-0.3, -0.25) is 4.79 Å². The number of primary amides is 1. The topological polar surface area (TPSA) is 89.4 Å². The van der Waals surface area contributed by atoms with Crippen LogP contribution in [0.15, 0.2) is 36.4 Å². The van der Waals surface area contributed by atoms with Crippen LogP contribution in [0.5, 0.6) is 0 Å². The van der Waals surface area contributed by atoms with Crippen molar-refractivity contribution in [2.75, 3.05) is 11.9 Å². The Balaban J connectivity index is 2.08. The predicted octanol–water partition coefficient (Wildman–Crippen LogP) is 1.73. The number of benzene rings is 1. The van der Waals surface area contributed by atoms with Crippen molar-refractivity contribution in [3.8, 4) is 0 Å². The van der Waals surface area contributed by atoms with E-state index in [0.717, 1.165) is 5.56 Å². The summed E-state index contributed by atoms with van der Waals surface area (Å²) in [5, 5.41) is 12.5. The minimum atomic E-state index is -0.549. The van der Waals surface area contributed by atoms with Crippen molar-refractivity contribution in [1.29, 1.82) is 0 Å². The molecule has 7 nitrogen and oxygen atoms in total. The van der Waals surface area contributed by atoms with Crippen molar-refractivity contribution < 1.29 is 4.79 Å². The monoisotopic (exact) mass is 310 g/mol. The number of amides is 1. The summed E-state index contributed by atoms with van der Waals surface area (Å²) in [5.74, 6) is 0.683. The van der Waals surface area contributed by atoms with E-state index in [1.807, 2.05) is 30.1 Å². The van der Waals surface area contributed by atoms with E-state index in [1.54, 1.807) is 17.5 Å². The lowest BCUT2D eigenvalue weighted by Gasteiger charge is -2.26. The van der Waals surface area contributed by atoms with Gasteiger partial charge in [-0.2, -0.15) is 4.52 Å². The van der Waals surface area contributed by atoms with Gasteiger partial charge in [0, 0.05) is 7.05 Å². The Hall–Kier alpha value is -2.96. The van der Waals surface area contributed by atoms with Crippen molar-refractivity contribution in [1.82, 2.24) is 19.8 Å². The number of carbonyl (C=O) groups excluding carboxylic acids is 1. The van der Waals surface area contributed by atoms with E-state index in [1.165, 1.54) is 0 Å². The lowest BCUT2D eigenvalue weighted by atomic mass is 10.1. The lowest BCUT2D eigenvalue weighted by molar-refractivity contribution is 0.100. The molecule has 0 aliphatic carbocycles. The molecule has 118 valence electrons. The van der Waals surface area contributed by atoms with Gasteiger partial charge in [-0.1, -0.05) is 30.3 Å². The zero-order valence-corrected chi connectivity index (χ0v) is 13.3. The van der Waals surface area contributed by atoms with Gasteiger partial charge < -0.3 is 10.6 Å². The van der Waals surface area contributed by atoms with E-state index in [0.29, 0.717) is 22.9 Å². The Labute approximate surface area is 133 Å². The van der Waals surface area contributed by atoms with E-state index >= 15 is 0 Å². The molecule has 0 saturated heterocycles. The molecule has 7 heteroatoms. The van der Waals surface area contributed by atoms with Crippen molar-refractivity contribution in [2.24, 2.45) is 5.73 Å². The molecule has 1 aromatic carbocycles. The minimum Gasteiger partial charge on any atom is -0.365 e. The highest BCUT2D eigenvalue weighted by atomic mass is 16.1. The molecule has 2 N–H and O–H groups in total. The minimum absolute atomic E-state index is 0.0821. The summed E-state index contributed by atoms with van der Waals surface area (Å²) < 4.78 is 1.55. The van der Waals surface area contributed by atoms with E-state index in [9.17, 15) is 4.79 Å². The Bertz CT molecular complexity index is 858. The van der Waals surface area contributed by atoms with Crippen LogP contribution >= 0.6 is 0 Å². The molecule has 23 heavy (non-hydrogen) atoms. The van der Waals surface area contributed by atoms with E-state index < -0.39 is 5.91 Å². The summed E-state index contributed by atoms with van der Waals surface area (Å²) in [7, 11) is 1.93. The number of nitrogens with two attached hydrogens (primary N) is 1. The van der Waals surface area contributed by atoms with Crippen molar-refractivity contribution in [3.63, 3.8) is 0 Å². The number of rotatable bonds is 4. The number of hydrogen-bond acceptors (Lipinski definition) is 5. The highest BCUT2D eigenvalue weighted by Gasteiger charge is 2.19. The molecule has 2 aromatic heterocycles. The van der Waals surface area contributed by atoms with Crippen molar-refractivity contribution in [3.05, 3.63) is 53.3 Å². The second kappa shape index (κ2) is 5.68. The third-order valence-corrected chi connectivity index (χ3v) is 4.00. The average Bonchev–Trinajstić information content (AvgIpc) is 2.94. The second-order valence-corrected chi connectivity index (χ2v) is 5.46. The van der Waals surface area contributed by atoms with Crippen LogP contribution in [0, 0.1) is 6.92 Å². The average molecular weight is 310 g/mol. The summed E-state index contributed by atoms with van der Waals surface area (Å²) in [6, 6.07) is 11.8. The Morgan fingerprint density at radius 1 is 1.26 bits per heavy atom. The smallest absolute Gasteiger partial charge is 0.252 e. The lowest BCUT2D eigenvalue weighted by Crippen LogP contribution is -2.25. The molecule has 0 aliphatic rings. The molecule has 0 saturated carbocycles. The zero-order valence-electron chi connectivity index (χ0n) is 13.3. The standard InChI is InChI=1S/C16H18N6O/c1-10(12-7-5-4-6-8-12)21(3)14-9-13(15(17)23)16-19-18-11(2)22(16)20-14/h4-10H,1-3H3,(H2,17,23). The molecular weight excluding hydrogens is 292 g/mol. The molecule has 1 amide bonds. The maximum absolute atomic E-state index is 11.7. The van der Waals surface area contributed by atoms with Gasteiger partial charge >= 0.3 is 0 Å². The molecule has 0 radical (unpaired) electrons. The van der Waals surface area contributed by atoms with Crippen LogP contribution in [0.3, 0.4) is 0 Å². The first-order chi connectivity index (χ1) is 11.0. The van der Waals surface area contributed by atoms with E-state index in [4.69, 9.17) is 5.73 Å². The molecule has 2 heterocycles. The number of aromatic nitrogens is 4. The van der Waals surface area contributed by atoms with Gasteiger partial charge in [-0.15, -0.1) is 15.3 Å². The molecule has 0 spiro atoms. The van der Waals surface area contributed by atoms with Gasteiger partial charge in [0.15, 0.2) is 17.3 Å². The molecule has 0 fully saturated rings. The molecule has 0 aliphatic heterocycles. The van der Waals surface area contributed by atoms with Crippen molar-refractivity contribution >= 4 is 17.4 Å². The third-order valence-electron chi connectivity index (χ3n) is 4.00. The Morgan fingerprint density at radius 3 is 2.61 bits per heavy atom. The third kappa shape index (κ3) is 2.61. The second-order valence-electron chi connectivity index (χ2n) is 5.46. The van der Waals surface area contributed by atoms with Gasteiger partial charge in [-0.25, -0.2) is 0 Å². The first kappa shape index (κ1) is 15.0. The first-order valence-electron chi connectivity index (χ1n) is 7.29. The SMILES string of the molecule is Cc1nnc2c(C(N)=O)cc(N(C)C(C)c3ccccc3)nn12. The fourth-order valence-corrected chi connectivity index (χ4v) is 2.48. The van der Waals surface area contributed by atoms with Crippen LogP contribution < -0.4 is 10.6 Å². The van der Waals surface area contributed by atoms with Gasteiger partial charge in [0.05, 0.1) is 11.6 Å². The number of anilines is 1. The molecule has 1 unspecified atom stereocenters. The van der Waals surface area contributed by atoms with Crippen LogP contribution in [0.1, 0.15) is 34.7 Å². The molecule has 0 bridgehead atoms. The Morgan fingerprint density at radius 2 is 1.96 bits per heavy atom. The van der Waals surface area contributed by atoms with Crippen LogP contribution in [0.25, 0.3) is 5.65 Å². The first-order valence-corrected chi connectivity index (χ1v) is 7.29. The van der Waals surface area contributed by atoms with Crippen LogP contribution in [-0.4, -0.2) is 32.8 Å². The normalized spacial score (nSPS) is 12.3. The van der Waals surface area contributed by atoms with Gasteiger partial charge in [0.25, 0.3) is 5.91 Å². The number of aryl methyl sites for hydroxylation is 1. The van der Waals surface area contributed by atoms with Crippen LogP contribution in [0.2, 0.25) is 0 Å².